The molecule has 2 unspecified atom stereocenters. The molecule has 1 saturated heterocycles. The molecule has 0 spiro atoms. The Morgan fingerprint density at radius 2 is 2.00 bits per heavy atom. The van der Waals surface area contributed by atoms with E-state index >= 15 is 0 Å². The first-order chi connectivity index (χ1) is 9.36. The molecular weight excluding hydrogens is 288 g/mol. The minimum atomic E-state index is -0.770. The van der Waals surface area contributed by atoms with Crippen LogP contribution in [0.5, 0.6) is 0 Å². The van der Waals surface area contributed by atoms with Crippen LogP contribution in [0.15, 0.2) is 12.7 Å². The average molecular weight is 317 g/mol. The first kappa shape index (κ1) is 18.5. The summed E-state index contributed by atoms with van der Waals surface area (Å²) >= 11 is 0. The van der Waals surface area contributed by atoms with Gasteiger partial charge < -0.3 is 15.4 Å². The van der Waals surface area contributed by atoms with E-state index in [0.29, 0.717) is 18.9 Å². The number of halogens is 1. The van der Waals surface area contributed by atoms with E-state index in [9.17, 15) is 4.79 Å². The minimum absolute atomic E-state index is 0. The fraction of sp³-hybridized carbons (Fsp3) is 0.812. The first-order valence-corrected chi connectivity index (χ1v) is 7.69. The number of hydrogen-bond donors (Lipinski definition) is 1. The fourth-order valence-corrected chi connectivity index (χ4v) is 3.42. The molecule has 0 aromatic rings. The van der Waals surface area contributed by atoms with Crippen LogP contribution in [0.4, 0.5) is 0 Å². The number of carbonyl (C=O) groups is 1. The van der Waals surface area contributed by atoms with Crippen molar-refractivity contribution in [2.45, 2.75) is 51.7 Å². The van der Waals surface area contributed by atoms with Crippen LogP contribution in [0, 0.1) is 11.3 Å². The number of ether oxygens (including phenoxy) is 1. The molecule has 1 aliphatic carbocycles. The Balaban J connectivity index is 0.00000220. The van der Waals surface area contributed by atoms with Gasteiger partial charge in [-0.3, -0.25) is 4.79 Å². The highest BCUT2D eigenvalue weighted by Crippen LogP contribution is 2.50. The van der Waals surface area contributed by atoms with E-state index in [0.717, 1.165) is 25.9 Å². The lowest BCUT2D eigenvalue weighted by molar-refractivity contribution is -0.180. The summed E-state index contributed by atoms with van der Waals surface area (Å²) in [6.45, 7) is 12.2. The van der Waals surface area contributed by atoms with Crippen molar-refractivity contribution in [1.82, 2.24) is 4.90 Å². The Bertz CT molecular complexity index is 392. The topological polar surface area (TPSA) is 55.6 Å². The molecule has 0 aromatic carbocycles. The number of amides is 1. The Kier molecular flexibility index (Phi) is 5.87. The van der Waals surface area contributed by atoms with E-state index in [-0.39, 0.29) is 29.8 Å². The number of carbonyl (C=O) groups excluding carboxylic acids is 1. The molecule has 1 amide bonds. The molecule has 2 fully saturated rings. The minimum Gasteiger partial charge on any atom is -0.378 e. The largest absolute Gasteiger partial charge is 0.378 e. The molecule has 4 nitrogen and oxygen atoms in total. The van der Waals surface area contributed by atoms with Crippen LogP contribution >= 0.6 is 12.4 Å². The number of nitrogens with zero attached hydrogens (tertiary/aromatic N) is 1. The highest BCUT2D eigenvalue weighted by Gasteiger charge is 2.63. The number of rotatable bonds is 4. The molecule has 2 rings (SSSR count). The van der Waals surface area contributed by atoms with Crippen molar-refractivity contribution in [2.75, 3.05) is 19.7 Å². The van der Waals surface area contributed by atoms with E-state index in [2.05, 4.69) is 6.58 Å². The first-order valence-electron chi connectivity index (χ1n) is 7.69. The second kappa shape index (κ2) is 6.67. The van der Waals surface area contributed by atoms with Gasteiger partial charge >= 0.3 is 0 Å². The second-order valence-electron chi connectivity index (χ2n) is 6.71. The van der Waals surface area contributed by atoms with Crippen molar-refractivity contribution in [3.8, 4) is 0 Å². The van der Waals surface area contributed by atoms with Gasteiger partial charge in [-0.05, 0) is 25.7 Å². The molecule has 0 radical (unpaired) electrons. The predicted octanol–water partition coefficient (Wildman–Crippen LogP) is 2.37. The van der Waals surface area contributed by atoms with Gasteiger partial charge in [-0.1, -0.05) is 19.9 Å². The quantitative estimate of drug-likeness (QED) is 0.810. The summed E-state index contributed by atoms with van der Waals surface area (Å²) in [6.07, 6.45) is 4.72. The highest BCUT2D eigenvalue weighted by molar-refractivity contribution is 5.89. The third kappa shape index (κ3) is 2.99. The van der Waals surface area contributed by atoms with Gasteiger partial charge in [0.15, 0.2) is 0 Å². The zero-order valence-electron chi connectivity index (χ0n) is 13.4. The van der Waals surface area contributed by atoms with Crippen LogP contribution in [-0.2, 0) is 9.53 Å². The summed E-state index contributed by atoms with van der Waals surface area (Å²) in [7, 11) is 0. The molecule has 0 aromatic heterocycles. The Labute approximate surface area is 134 Å². The zero-order valence-corrected chi connectivity index (χ0v) is 14.2. The number of likely N-dealkylation sites (tertiary alicyclic amines) is 1. The molecule has 1 aliphatic heterocycles. The maximum atomic E-state index is 12.8. The van der Waals surface area contributed by atoms with Crippen LogP contribution in [0.1, 0.15) is 40.0 Å². The van der Waals surface area contributed by atoms with Gasteiger partial charge in [0, 0.05) is 31.5 Å². The molecule has 5 heteroatoms. The van der Waals surface area contributed by atoms with Crippen LogP contribution in [0.25, 0.3) is 0 Å². The van der Waals surface area contributed by atoms with Gasteiger partial charge in [0.1, 0.15) is 5.54 Å². The molecule has 2 atom stereocenters. The summed E-state index contributed by atoms with van der Waals surface area (Å²) < 4.78 is 5.70. The third-order valence-corrected chi connectivity index (χ3v) is 5.37. The smallest absolute Gasteiger partial charge is 0.243 e. The maximum Gasteiger partial charge on any atom is 0.243 e. The maximum absolute atomic E-state index is 12.8. The van der Waals surface area contributed by atoms with Crippen molar-refractivity contribution < 1.29 is 9.53 Å². The Morgan fingerprint density at radius 1 is 1.43 bits per heavy atom. The summed E-state index contributed by atoms with van der Waals surface area (Å²) in [5.41, 5.74) is 5.39. The number of hydrogen-bond acceptors (Lipinski definition) is 3. The lowest BCUT2D eigenvalue weighted by Gasteiger charge is -2.59. The fourth-order valence-electron chi connectivity index (χ4n) is 3.42. The van der Waals surface area contributed by atoms with Crippen molar-refractivity contribution >= 4 is 18.3 Å². The van der Waals surface area contributed by atoms with E-state index in [1.165, 1.54) is 0 Å². The second-order valence-corrected chi connectivity index (χ2v) is 6.71. The van der Waals surface area contributed by atoms with E-state index in [1.54, 1.807) is 0 Å². The van der Waals surface area contributed by atoms with Gasteiger partial charge in [-0.2, -0.15) is 0 Å². The molecule has 122 valence electrons. The third-order valence-electron chi connectivity index (χ3n) is 5.37. The van der Waals surface area contributed by atoms with Gasteiger partial charge in [0.25, 0.3) is 0 Å². The molecule has 2 N–H and O–H groups in total. The van der Waals surface area contributed by atoms with Crippen LogP contribution in [0.2, 0.25) is 0 Å². The monoisotopic (exact) mass is 316 g/mol. The average Bonchev–Trinajstić information content (AvgIpc) is 2.46. The Hall–Kier alpha value is -0.580. The molecule has 1 saturated carbocycles. The summed E-state index contributed by atoms with van der Waals surface area (Å²) in [6, 6.07) is 0. The predicted molar refractivity (Wildman–Crippen MR) is 87.5 cm³/mol. The summed E-state index contributed by atoms with van der Waals surface area (Å²) in [4.78, 5) is 14.7. The molecule has 1 heterocycles. The zero-order chi connectivity index (χ0) is 15.0. The SMILES string of the molecule is C=CC1CCN(C(=O)C2(N)CC(OCC)C2(C)C)CC1.Cl. The van der Waals surface area contributed by atoms with Crippen LogP contribution in [0.3, 0.4) is 0 Å². The number of piperidine rings is 1. The van der Waals surface area contributed by atoms with E-state index in [1.807, 2.05) is 31.7 Å². The molecule has 2 aliphatic rings. The number of allylic oxidation sites excluding steroid dienone is 1. The highest BCUT2D eigenvalue weighted by atomic mass is 35.5. The molecule has 21 heavy (non-hydrogen) atoms. The summed E-state index contributed by atoms with van der Waals surface area (Å²) in [5, 5.41) is 0. The van der Waals surface area contributed by atoms with Crippen molar-refractivity contribution in [3.63, 3.8) is 0 Å². The van der Waals surface area contributed by atoms with Crippen molar-refractivity contribution in [2.24, 2.45) is 17.1 Å². The standard InChI is InChI=1S/C16H28N2O2.ClH/c1-5-12-7-9-18(10-8-12)14(19)16(17)11-13(20-6-2)15(16,3)4;/h5,12-13H,1,6-11,17H2,2-4H3;1H. The van der Waals surface area contributed by atoms with Crippen molar-refractivity contribution in [3.05, 3.63) is 12.7 Å². The van der Waals surface area contributed by atoms with Gasteiger partial charge in [-0.25, -0.2) is 0 Å². The van der Waals surface area contributed by atoms with Gasteiger partial charge in [0.05, 0.1) is 6.10 Å². The normalized spacial score (nSPS) is 32.0. The molecular formula is C16H29ClN2O2. The van der Waals surface area contributed by atoms with E-state index in [4.69, 9.17) is 10.5 Å². The number of nitrogens with two attached hydrogens (primary N) is 1. The summed E-state index contributed by atoms with van der Waals surface area (Å²) in [5.74, 6) is 0.638. The lowest BCUT2D eigenvalue weighted by Crippen LogP contribution is -2.76. The van der Waals surface area contributed by atoms with Gasteiger partial charge in [-0.15, -0.1) is 19.0 Å². The molecule has 0 bridgehead atoms. The van der Waals surface area contributed by atoms with Crippen molar-refractivity contribution in [1.29, 1.82) is 0 Å². The van der Waals surface area contributed by atoms with Crippen LogP contribution in [-0.4, -0.2) is 42.1 Å². The van der Waals surface area contributed by atoms with Gasteiger partial charge in [0.2, 0.25) is 5.91 Å². The lowest BCUT2D eigenvalue weighted by atomic mass is 9.54. The van der Waals surface area contributed by atoms with E-state index < -0.39 is 5.54 Å². The Morgan fingerprint density at radius 3 is 2.43 bits per heavy atom. The van der Waals surface area contributed by atoms with Crippen LogP contribution < -0.4 is 5.73 Å².